The number of benzene rings is 7. The van der Waals surface area contributed by atoms with Crippen LogP contribution < -0.4 is 9.80 Å². The summed E-state index contributed by atoms with van der Waals surface area (Å²) in [5, 5.41) is 0. The van der Waals surface area contributed by atoms with Crippen LogP contribution in [0.2, 0.25) is 0 Å². The van der Waals surface area contributed by atoms with Crippen molar-refractivity contribution >= 4 is 34.1 Å². The van der Waals surface area contributed by atoms with Crippen LogP contribution in [-0.4, -0.2) is 0 Å². The first-order chi connectivity index (χ1) is 27.6. The molecule has 7 aromatic rings. The Hall–Kier alpha value is -5.86. The van der Waals surface area contributed by atoms with E-state index in [2.05, 4.69) is 210 Å². The lowest BCUT2D eigenvalue weighted by molar-refractivity contribution is 0.663. The van der Waals surface area contributed by atoms with E-state index in [0.717, 1.165) is 40.5 Å². The lowest BCUT2D eigenvalue weighted by Crippen LogP contribution is -2.24. The highest BCUT2D eigenvalue weighted by molar-refractivity contribution is 5.90. The van der Waals surface area contributed by atoms with Crippen LogP contribution in [0, 0.1) is 34.6 Å². The number of hydrogen-bond acceptors (Lipinski definition) is 2. The lowest BCUT2D eigenvalue weighted by Gasteiger charge is -2.32. The van der Waals surface area contributed by atoms with Crippen molar-refractivity contribution in [2.75, 3.05) is 9.80 Å². The number of fused-ring (bicyclic) bond motifs is 3. The first-order valence-electron chi connectivity index (χ1n) is 20.9. The topological polar surface area (TPSA) is 6.48 Å². The third-order valence-electron chi connectivity index (χ3n) is 12.1. The van der Waals surface area contributed by atoms with Gasteiger partial charge in [0.05, 0.1) is 0 Å². The molecule has 0 aromatic heterocycles. The molecule has 0 spiro atoms. The highest BCUT2D eigenvalue weighted by atomic mass is 15.1. The zero-order valence-electron chi connectivity index (χ0n) is 34.9. The standard InChI is InChI=1S/C55H56N2/c1-8-9-10-11-12-43-33-42(6)34-44(35-43)55(7)53-36-49(56(45-21-13-38(2)14-22-45)46-23-15-39(3)16-24-46)29-31-51(53)52-32-30-50(37-54(52)55)57(47-25-17-40(4)18-26-47)48-27-19-41(5)20-28-48/h13-37H,8-12H2,1-7H3. The van der Waals surface area contributed by atoms with E-state index in [4.69, 9.17) is 0 Å². The predicted molar refractivity (Wildman–Crippen MR) is 245 cm³/mol. The van der Waals surface area contributed by atoms with Gasteiger partial charge in [-0.3, -0.25) is 0 Å². The van der Waals surface area contributed by atoms with E-state index >= 15 is 0 Å². The summed E-state index contributed by atoms with van der Waals surface area (Å²) in [6.07, 6.45) is 6.14. The Bertz CT molecular complexity index is 2250. The summed E-state index contributed by atoms with van der Waals surface area (Å²) in [5.41, 5.74) is 21.0. The van der Waals surface area contributed by atoms with Gasteiger partial charge in [-0.25, -0.2) is 0 Å². The van der Waals surface area contributed by atoms with E-state index in [1.165, 1.54) is 86.9 Å². The first-order valence-corrected chi connectivity index (χ1v) is 20.9. The van der Waals surface area contributed by atoms with Crippen molar-refractivity contribution in [3.8, 4) is 11.1 Å². The number of hydrogen-bond donors (Lipinski definition) is 0. The molecule has 0 fully saturated rings. The van der Waals surface area contributed by atoms with Gasteiger partial charge in [0.2, 0.25) is 0 Å². The second-order valence-electron chi connectivity index (χ2n) is 16.6. The van der Waals surface area contributed by atoms with Crippen molar-refractivity contribution in [2.45, 2.75) is 86.0 Å². The second kappa shape index (κ2) is 15.9. The largest absolute Gasteiger partial charge is 0.310 e. The number of nitrogens with zero attached hydrogens (tertiary/aromatic N) is 2. The van der Waals surface area contributed by atoms with Gasteiger partial charge in [0.25, 0.3) is 0 Å². The van der Waals surface area contributed by atoms with Crippen LogP contribution in [0.5, 0.6) is 0 Å². The predicted octanol–water partition coefficient (Wildman–Crippen LogP) is 15.6. The average molecular weight is 745 g/mol. The van der Waals surface area contributed by atoms with E-state index in [-0.39, 0.29) is 0 Å². The number of aryl methyl sites for hydroxylation is 6. The summed E-state index contributed by atoms with van der Waals surface area (Å²) < 4.78 is 0. The summed E-state index contributed by atoms with van der Waals surface area (Å²) in [5.74, 6) is 0. The minimum absolute atomic E-state index is 0.403. The summed E-state index contributed by atoms with van der Waals surface area (Å²) in [6, 6.07) is 57.5. The van der Waals surface area contributed by atoms with Gasteiger partial charge in [0.15, 0.2) is 0 Å². The summed E-state index contributed by atoms with van der Waals surface area (Å²) in [7, 11) is 0. The fourth-order valence-electron chi connectivity index (χ4n) is 8.82. The molecule has 7 aromatic carbocycles. The van der Waals surface area contributed by atoms with Crippen LogP contribution in [0.25, 0.3) is 11.1 Å². The molecule has 0 aliphatic heterocycles. The monoisotopic (exact) mass is 744 g/mol. The molecule has 0 radical (unpaired) electrons. The van der Waals surface area contributed by atoms with Crippen LogP contribution in [0.3, 0.4) is 0 Å². The molecule has 0 heterocycles. The van der Waals surface area contributed by atoms with Gasteiger partial charge in [0.1, 0.15) is 0 Å². The highest BCUT2D eigenvalue weighted by Gasteiger charge is 2.42. The van der Waals surface area contributed by atoms with Gasteiger partial charge in [-0.05, 0) is 161 Å². The molecule has 1 aliphatic rings. The Morgan fingerprint density at radius 1 is 0.386 bits per heavy atom. The highest BCUT2D eigenvalue weighted by Crippen LogP contribution is 2.55. The van der Waals surface area contributed by atoms with E-state index < -0.39 is 5.41 Å². The molecule has 8 rings (SSSR count). The first kappa shape index (κ1) is 38.0. The fraction of sp³-hybridized carbons (Fsp3) is 0.236. The lowest BCUT2D eigenvalue weighted by atomic mass is 9.73. The van der Waals surface area contributed by atoms with Crippen LogP contribution in [-0.2, 0) is 11.8 Å². The van der Waals surface area contributed by atoms with Crippen molar-refractivity contribution in [2.24, 2.45) is 0 Å². The maximum Gasteiger partial charge on any atom is 0.0465 e. The smallest absolute Gasteiger partial charge is 0.0465 e. The minimum Gasteiger partial charge on any atom is -0.310 e. The zero-order chi connectivity index (χ0) is 39.7. The molecule has 0 N–H and O–H groups in total. The zero-order valence-corrected chi connectivity index (χ0v) is 34.9. The maximum absolute atomic E-state index is 2.52. The van der Waals surface area contributed by atoms with Gasteiger partial charge in [0, 0.05) is 39.5 Å². The molecular weight excluding hydrogens is 689 g/mol. The Kier molecular flexibility index (Phi) is 10.6. The fourth-order valence-corrected chi connectivity index (χ4v) is 8.82. The van der Waals surface area contributed by atoms with E-state index in [1.807, 2.05) is 0 Å². The third kappa shape index (κ3) is 7.54. The van der Waals surface area contributed by atoms with Crippen molar-refractivity contribution in [1.29, 1.82) is 0 Å². The SMILES string of the molecule is CCCCCCc1cc(C)cc(C2(C)c3cc(N(c4ccc(C)cc4)c4ccc(C)cc4)ccc3-c3ccc(N(c4ccc(C)cc4)c4ccc(C)cc4)cc32)c1. The molecule has 286 valence electrons. The summed E-state index contributed by atoms with van der Waals surface area (Å²) >= 11 is 0. The Labute approximate surface area is 341 Å². The van der Waals surface area contributed by atoms with Gasteiger partial charge in [-0.15, -0.1) is 0 Å². The molecule has 0 saturated carbocycles. The van der Waals surface area contributed by atoms with Gasteiger partial charge < -0.3 is 9.80 Å². The maximum atomic E-state index is 2.52. The average Bonchev–Trinajstić information content (AvgIpc) is 3.47. The molecule has 2 heteroatoms. The molecule has 1 aliphatic carbocycles. The number of anilines is 6. The summed E-state index contributed by atoms with van der Waals surface area (Å²) in [6.45, 7) is 15.7. The van der Waals surface area contributed by atoms with Crippen molar-refractivity contribution in [3.05, 3.63) is 202 Å². The number of unbranched alkanes of at least 4 members (excludes halogenated alkanes) is 3. The Morgan fingerprint density at radius 2 is 0.772 bits per heavy atom. The molecule has 0 bridgehead atoms. The van der Waals surface area contributed by atoms with Gasteiger partial charge in [-0.1, -0.05) is 133 Å². The second-order valence-corrected chi connectivity index (χ2v) is 16.6. The van der Waals surface area contributed by atoms with Crippen molar-refractivity contribution in [1.82, 2.24) is 0 Å². The van der Waals surface area contributed by atoms with E-state index in [9.17, 15) is 0 Å². The Morgan fingerprint density at radius 3 is 1.16 bits per heavy atom. The molecule has 57 heavy (non-hydrogen) atoms. The minimum atomic E-state index is -0.403. The Balaban J connectivity index is 1.33. The van der Waals surface area contributed by atoms with Crippen molar-refractivity contribution < 1.29 is 0 Å². The molecule has 0 atom stereocenters. The molecule has 0 amide bonds. The van der Waals surface area contributed by atoms with Crippen LogP contribution >= 0.6 is 0 Å². The quantitative estimate of drug-likeness (QED) is 0.115. The summed E-state index contributed by atoms with van der Waals surface area (Å²) in [4.78, 5) is 4.83. The molecule has 2 nitrogen and oxygen atoms in total. The van der Waals surface area contributed by atoms with Crippen LogP contribution in [0.1, 0.15) is 89.6 Å². The van der Waals surface area contributed by atoms with Crippen molar-refractivity contribution in [3.63, 3.8) is 0 Å². The van der Waals surface area contributed by atoms with Crippen LogP contribution in [0.15, 0.2) is 152 Å². The van der Waals surface area contributed by atoms with E-state index in [0.29, 0.717) is 0 Å². The van der Waals surface area contributed by atoms with E-state index in [1.54, 1.807) is 0 Å². The molecular formula is C55H56N2. The van der Waals surface area contributed by atoms with Gasteiger partial charge >= 0.3 is 0 Å². The van der Waals surface area contributed by atoms with Gasteiger partial charge in [-0.2, -0.15) is 0 Å². The normalized spacial score (nSPS) is 12.6. The molecule has 0 saturated heterocycles. The molecule has 0 unspecified atom stereocenters. The number of rotatable bonds is 12. The third-order valence-corrected chi connectivity index (χ3v) is 12.1. The van der Waals surface area contributed by atoms with Crippen LogP contribution in [0.4, 0.5) is 34.1 Å².